The molecule has 0 saturated heterocycles. The Bertz CT molecular complexity index is 697. The lowest BCUT2D eigenvalue weighted by molar-refractivity contribution is 0.0949. The Hall–Kier alpha value is -2.30. The quantitative estimate of drug-likeness (QED) is 0.627. The maximum Gasteiger partial charge on any atom is 0.269 e. The van der Waals surface area contributed by atoms with Crippen LogP contribution in [0.15, 0.2) is 41.1 Å². The molecule has 1 atom stereocenters. The van der Waals surface area contributed by atoms with Crippen LogP contribution in [0.1, 0.15) is 34.3 Å². The number of aromatic nitrogens is 2. The highest BCUT2D eigenvalue weighted by Crippen LogP contribution is 2.21. The van der Waals surface area contributed by atoms with Gasteiger partial charge in [0.25, 0.3) is 5.91 Å². The minimum atomic E-state index is -0.916. The number of nitrogens with one attached hydrogen (secondary N) is 1. The number of aliphatic hydroxyl groups is 1. The van der Waals surface area contributed by atoms with Gasteiger partial charge in [-0.2, -0.15) is 5.26 Å². The van der Waals surface area contributed by atoms with Gasteiger partial charge in [-0.1, -0.05) is 12.1 Å². The molecule has 2 heterocycles. The molecule has 7 heteroatoms. The molecular weight excluding hydrogens is 348 g/mol. The van der Waals surface area contributed by atoms with Gasteiger partial charge < -0.3 is 10.4 Å². The maximum atomic E-state index is 11.8. The van der Waals surface area contributed by atoms with Gasteiger partial charge in [0, 0.05) is 18.3 Å². The van der Waals surface area contributed by atoms with Gasteiger partial charge in [0.2, 0.25) is 0 Å². The van der Waals surface area contributed by atoms with Crippen LogP contribution in [0.3, 0.4) is 0 Å². The molecule has 2 aromatic heterocycles. The first kappa shape index (κ1) is 16.1. The number of hydrogen-bond donors (Lipinski definition) is 2. The van der Waals surface area contributed by atoms with Crippen molar-refractivity contribution in [2.24, 2.45) is 0 Å². The second kappa shape index (κ2) is 7.64. The van der Waals surface area contributed by atoms with Gasteiger partial charge in [0.1, 0.15) is 16.4 Å². The third-order valence-electron chi connectivity index (χ3n) is 2.87. The lowest BCUT2D eigenvalue weighted by Gasteiger charge is -2.11. The summed E-state index contributed by atoms with van der Waals surface area (Å²) in [5.41, 5.74) is 1.26. The first-order valence-corrected chi connectivity index (χ1v) is 7.32. The van der Waals surface area contributed by atoms with Crippen LogP contribution < -0.4 is 5.32 Å². The Morgan fingerprint density at radius 2 is 2.23 bits per heavy atom. The molecule has 0 aliphatic carbocycles. The van der Waals surface area contributed by atoms with E-state index >= 15 is 0 Å². The second-order valence-electron chi connectivity index (χ2n) is 4.43. The number of nitrogens with zero attached hydrogens (tertiary/aromatic N) is 3. The molecule has 112 valence electrons. The second-order valence-corrected chi connectivity index (χ2v) is 5.24. The number of amides is 1. The summed E-state index contributed by atoms with van der Waals surface area (Å²) >= 11 is 3.25. The van der Waals surface area contributed by atoms with Crippen molar-refractivity contribution in [2.45, 2.75) is 12.5 Å². The summed E-state index contributed by atoms with van der Waals surface area (Å²) in [5, 5.41) is 21.3. The molecule has 0 aromatic carbocycles. The normalized spacial score (nSPS) is 11.5. The largest absolute Gasteiger partial charge is 0.382 e. The fourth-order valence-corrected chi connectivity index (χ4v) is 2.13. The lowest BCUT2D eigenvalue weighted by atomic mass is 10.1. The van der Waals surface area contributed by atoms with Crippen LogP contribution in [-0.4, -0.2) is 27.5 Å². The van der Waals surface area contributed by atoms with Crippen molar-refractivity contribution in [3.05, 3.63) is 58.1 Å². The standard InChI is InChI=1S/C15H13BrN4O2/c16-13-4-1-3-11(20-13)14(21)10-5-6-12(19-9-10)15(22)18-8-2-7-17/h1,3-6,9,14,21H,2,8H2,(H,18,22). The van der Waals surface area contributed by atoms with Gasteiger partial charge in [0.15, 0.2) is 0 Å². The fourth-order valence-electron chi connectivity index (χ4n) is 1.77. The van der Waals surface area contributed by atoms with Gasteiger partial charge in [0.05, 0.1) is 18.2 Å². The predicted octanol–water partition coefficient (Wildman–Crippen LogP) is 1.96. The molecule has 0 spiro atoms. The number of halogens is 1. The number of pyridine rings is 2. The van der Waals surface area contributed by atoms with E-state index in [-0.39, 0.29) is 24.6 Å². The topological polar surface area (TPSA) is 98.9 Å². The summed E-state index contributed by atoms with van der Waals surface area (Å²) in [7, 11) is 0. The van der Waals surface area contributed by atoms with Crippen LogP contribution in [-0.2, 0) is 0 Å². The average Bonchev–Trinajstić information content (AvgIpc) is 2.54. The van der Waals surface area contributed by atoms with E-state index in [4.69, 9.17) is 5.26 Å². The smallest absolute Gasteiger partial charge is 0.269 e. The Morgan fingerprint density at radius 1 is 1.41 bits per heavy atom. The first-order valence-electron chi connectivity index (χ1n) is 6.53. The van der Waals surface area contributed by atoms with Gasteiger partial charge in [-0.25, -0.2) is 4.98 Å². The van der Waals surface area contributed by atoms with Crippen LogP contribution >= 0.6 is 15.9 Å². The molecule has 1 unspecified atom stereocenters. The summed E-state index contributed by atoms with van der Waals surface area (Å²) in [4.78, 5) is 20.0. The number of rotatable bonds is 5. The van der Waals surface area contributed by atoms with E-state index in [0.29, 0.717) is 15.9 Å². The van der Waals surface area contributed by atoms with Gasteiger partial charge in [-0.15, -0.1) is 0 Å². The number of aliphatic hydroxyl groups excluding tert-OH is 1. The van der Waals surface area contributed by atoms with E-state index in [9.17, 15) is 9.90 Å². The van der Waals surface area contributed by atoms with Crippen molar-refractivity contribution >= 4 is 21.8 Å². The SMILES string of the molecule is N#CCCNC(=O)c1ccc(C(O)c2cccc(Br)n2)cn1. The van der Waals surface area contributed by atoms with Crippen molar-refractivity contribution in [2.75, 3.05) is 6.54 Å². The summed E-state index contributed by atoms with van der Waals surface area (Å²) in [5.74, 6) is -0.350. The molecule has 6 nitrogen and oxygen atoms in total. The molecule has 0 radical (unpaired) electrons. The lowest BCUT2D eigenvalue weighted by Crippen LogP contribution is -2.25. The molecule has 2 rings (SSSR count). The Morgan fingerprint density at radius 3 is 2.86 bits per heavy atom. The fraction of sp³-hybridized carbons (Fsp3) is 0.200. The van der Waals surface area contributed by atoms with Crippen molar-refractivity contribution in [1.82, 2.24) is 15.3 Å². The number of nitriles is 1. The third kappa shape index (κ3) is 4.10. The molecule has 2 aromatic rings. The van der Waals surface area contributed by atoms with Crippen LogP contribution in [0.4, 0.5) is 0 Å². The van der Waals surface area contributed by atoms with Crippen LogP contribution in [0.5, 0.6) is 0 Å². The van der Waals surface area contributed by atoms with Crippen molar-refractivity contribution in [1.29, 1.82) is 5.26 Å². The maximum absolute atomic E-state index is 11.8. The number of carbonyl (C=O) groups excluding carboxylic acids is 1. The van der Waals surface area contributed by atoms with Gasteiger partial charge in [-0.05, 0) is 34.1 Å². The molecule has 22 heavy (non-hydrogen) atoms. The van der Waals surface area contributed by atoms with Crippen molar-refractivity contribution < 1.29 is 9.90 Å². The van der Waals surface area contributed by atoms with E-state index in [1.807, 2.05) is 6.07 Å². The van der Waals surface area contributed by atoms with E-state index in [2.05, 4.69) is 31.2 Å². The van der Waals surface area contributed by atoms with Crippen LogP contribution in [0, 0.1) is 11.3 Å². The molecule has 2 N–H and O–H groups in total. The highest BCUT2D eigenvalue weighted by molar-refractivity contribution is 9.10. The van der Waals surface area contributed by atoms with Crippen molar-refractivity contribution in [3.8, 4) is 6.07 Å². The highest BCUT2D eigenvalue weighted by Gasteiger charge is 2.14. The van der Waals surface area contributed by atoms with E-state index in [1.165, 1.54) is 12.3 Å². The summed E-state index contributed by atoms with van der Waals surface area (Å²) < 4.78 is 0.630. The molecule has 0 saturated carbocycles. The zero-order valence-corrected chi connectivity index (χ0v) is 13.1. The molecule has 0 bridgehead atoms. The van der Waals surface area contributed by atoms with Crippen LogP contribution in [0.2, 0.25) is 0 Å². The number of carbonyl (C=O) groups is 1. The predicted molar refractivity (Wildman–Crippen MR) is 82.8 cm³/mol. The van der Waals surface area contributed by atoms with E-state index < -0.39 is 6.10 Å². The molecule has 0 aliphatic heterocycles. The Balaban J connectivity index is 2.08. The number of hydrogen-bond acceptors (Lipinski definition) is 5. The minimum absolute atomic E-state index is 0.232. The Labute approximate surface area is 136 Å². The van der Waals surface area contributed by atoms with Gasteiger partial charge >= 0.3 is 0 Å². The van der Waals surface area contributed by atoms with E-state index in [1.54, 1.807) is 24.3 Å². The molecule has 0 fully saturated rings. The van der Waals surface area contributed by atoms with Gasteiger partial charge in [-0.3, -0.25) is 9.78 Å². The summed E-state index contributed by atoms with van der Waals surface area (Å²) in [6.07, 6.45) is 0.768. The molecular formula is C15H13BrN4O2. The summed E-state index contributed by atoms with van der Waals surface area (Å²) in [6, 6.07) is 10.3. The zero-order chi connectivity index (χ0) is 15.9. The first-order chi connectivity index (χ1) is 10.6. The average molecular weight is 361 g/mol. The minimum Gasteiger partial charge on any atom is -0.382 e. The van der Waals surface area contributed by atoms with Crippen LogP contribution in [0.25, 0.3) is 0 Å². The van der Waals surface area contributed by atoms with Crippen molar-refractivity contribution in [3.63, 3.8) is 0 Å². The Kier molecular flexibility index (Phi) is 5.58. The molecule has 1 amide bonds. The highest BCUT2D eigenvalue weighted by atomic mass is 79.9. The third-order valence-corrected chi connectivity index (χ3v) is 3.32. The molecule has 0 aliphatic rings. The zero-order valence-electron chi connectivity index (χ0n) is 11.5. The summed E-state index contributed by atoms with van der Waals surface area (Å²) in [6.45, 7) is 0.281. The monoisotopic (exact) mass is 360 g/mol. The van der Waals surface area contributed by atoms with E-state index in [0.717, 1.165) is 0 Å².